The van der Waals surface area contributed by atoms with Crippen LogP contribution in [0.25, 0.3) is 10.2 Å². The highest BCUT2D eigenvalue weighted by molar-refractivity contribution is 7.18. The molecular formula is C22H19NO3S. The number of nitrogens with zero attached hydrogens (tertiary/aromatic N) is 1. The van der Waals surface area contributed by atoms with Crippen molar-refractivity contribution in [2.24, 2.45) is 5.92 Å². The minimum Gasteiger partial charge on any atom is -0.457 e. The van der Waals surface area contributed by atoms with Crippen LogP contribution >= 0.6 is 11.3 Å². The van der Waals surface area contributed by atoms with Crippen LogP contribution in [-0.4, -0.2) is 23.3 Å². The van der Waals surface area contributed by atoms with Gasteiger partial charge in [0.2, 0.25) is 0 Å². The Bertz CT molecular complexity index is 960. The highest BCUT2D eigenvalue weighted by Crippen LogP contribution is 2.39. The van der Waals surface area contributed by atoms with E-state index >= 15 is 0 Å². The van der Waals surface area contributed by atoms with Crippen molar-refractivity contribution in [3.8, 4) is 0 Å². The number of Topliss-reactive ketones (excluding diaryl/α,β-unsaturated/α-hetero) is 1. The number of fused-ring (bicyclic) bond motifs is 1. The molecule has 0 amide bonds. The van der Waals surface area contributed by atoms with Crippen LogP contribution < -0.4 is 0 Å². The van der Waals surface area contributed by atoms with E-state index in [0.717, 1.165) is 21.6 Å². The number of para-hydroxylation sites is 1. The maximum atomic E-state index is 12.7. The van der Waals surface area contributed by atoms with Crippen LogP contribution in [0.3, 0.4) is 0 Å². The first-order valence-corrected chi connectivity index (χ1v) is 9.79. The Kier molecular flexibility index (Phi) is 5.12. The number of allylic oxidation sites excluding steroid dienone is 2. The largest absolute Gasteiger partial charge is 0.457 e. The Morgan fingerprint density at radius 2 is 1.74 bits per heavy atom. The number of carbonyl (C=O) groups is 2. The van der Waals surface area contributed by atoms with Gasteiger partial charge in [0.15, 0.2) is 12.4 Å². The lowest BCUT2D eigenvalue weighted by atomic mass is 9.83. The number of ether oxygens (including phenoxy) is 1. The summed E-state index contributed by atoms with van der Waals surface area (Å²) in [6.45, 7) is -0.227. The van der Waals surface area contributed by atoms with Crippen LogP contribution in [0.4, 0.5) is 0 Å². The molecule has 136 valence electrons. The van der Waals surface area contributed by atoms with Crippen molar-refractivity contribution in [2.45, 2.75) is 18.8 Å². The molecule has 2 atom stereocenters. The lowest BCUT2D eigenvalue weighted by molar-refractivity contribution is -0.148. The van der Waals surface area contributed by atoms with Gasteiger partial charge >= 0.3 is 5.97 Å². The Balaban J connectivity index is 1.48. The van der Waals surface area contributed by atoms with E-state index in [1.54, 1.807) is 35.6 Å². The number of esters is 1. The fourth-order valence-electron chi connectivity index (χ4n) is 3.35. The number of carbonyl (C=O) groups excluding carboxylic acids is 2. The molecule has 3 aromatic rings. The molecule has 1 heterocycles. The quantitative estimate of drug-likeness (QED) is 0.365. The van der Waals surface area contributed by atoms with E-state index in [1.165, 1.54) is 0 Å². The fraction of sp³-hybridized carbons (Fsp3) is 0.227. The third-order valence-corrected chi connectivity index (χ3v) is 5.97. The third kappa shape index (κ3) is 3.83. The summed E-state index contributed by atoms with van der Waals surface area (Å²) in [6.07, 6.45) is 5.47. The molecule has 0 unspecified atom stereocenters. The SMILES string of the molecule is O=C(COC(=O)[C@@H]1CC=CC[C@@H]1c1nc2ccccc2s1)c1ccccc1. The highest BCUT2D eigenvalue weighted by Gasteiger charge is 2.33. The first-order chi connectivity index (χ1) is 13.2. The van der Waals surface area contributed by atoms with Crippen molar-refractivity contribution in [2.75, 3.05) is 6.61 Å². The first-order valence-electron chi connectivity index (χ1n) is 8.98. The molecule has 0 saturated heterocycles. The van der Waals surface area contributed by atoms with E-state index in [9.17, 15) is 9.59 Å². The molecule has 0 spiro atoms. The molecule has 0 radical (unpaired) electrons. The Morgan fingerprint density at radius 3 is 2.56 bits per heavy atom. The van der Waals surface area contributed by atoms with Crippen molar-refractivity contribution in [3.05, 3.63) is 77.3 Å². The van der Waals surface area contributed by atoms with Gasteiger partial charge in [0, 0.05) is 11.5 Å². The van der Waals surface area contributed by atoms with Gasteiger partial charge in [0.05, 0.1) is 21.1 Å². The number of rotatable bonds is 5. The lowest BCUT2D eigenvalue weighted by Crippen LogP contribution is -2.27. The molecule has 0 aliphatic heterocycles. The number of thiazole rings is 1. The Morgan fingerprint density at radius 1 is 1.00 bits per heavy atom. The second kappa shape index (κ2) is 7.84. The van der Waals surface area contributed by atoms with Gasteiger partial charge in [-0.3, -0.25) is 9.59 Å². The molecule has 0 N–H and O–H groups in total. The van der Waals surface area contributed by atoms with E-state index < -0.39 is 0 Å². The summed E-state index contributed by atoms with van der Waals surface area (Å²) < 4.78 is 6.50. The van der Waals surface area contributed by atoms with Gasteiger partial charge in [-0.2, -0.15) is 0 Å². The van der Waals surface area contributed by atoms with Gasteiger partial charge in [-0.15, -0.1) is 11.3 Å². The van der Waals surface area contributed by atoms with Gasteiger partial charge in [-0.25, -0.2) is 4.98 Å². The average molecular weight is 377 g/mol. The average Bonchev–Trinajstić information content (AvgIpc) is 3.16. The maximum absolute atomic E-state index is 12.7. The normalized spacial score (nSPS) is 19.1. The number of ketones is 1. The van der Waals surface area contributed by atoms with Gasteiger partial charge in [0.25, 0.3) is 0 Å². The predicted octanol–water partition coefficient (Wildman–Crippen LogP) is 4.77. The van der Waals surface area contributed by atoms with Crippen LogP contribution in [0, 0.1) is 5.92 Å². The molecule has 0 saturated carbocycles. The Hall–Kier alpha value is -2.79. The van der Waals surface area contributed by atoms with Gasteiger partial charge < -0.3 is 4.74 Å². The molecular weight excluding hydrogens is 358 g/mol. The van der Waals surface area contributed by atoms with E-state index in [-0.39, 0.29) is 30.2 Å². The summed E-state index contributed by atoms with van der Waals surface area (Å²) in [5.41, 5.74) is 1.51. The fourth-order valence-corrected chi connectivity index (χ4v) is 4.49. The number of aromatic nitrogens is 1. The van der Waals surface area contributed by atoms with Crippen molar-refractivity contribution in [1.29, 1.82) is 0 Å². The zero-order valence-electron chi connectivity index (χ0n) is 14.7. The van der Waals surface area contributed by atoms with Crippen LogP contribution in [-0.2, 0) is 9.53 Å². The summed E-state index contributed by atoms with van der Waals surface area (Å²) in [5.74, 6) is -0.828. The van der Waals surface area contributed by atoms with Crippen molar-refractivity contribution >= 4 is 33.3 Å². The lowest BCUT2D eigenvalue weighted by Gasteiger charge is -2.25. The molecule has 1 aliphatic carbocycles. The minimum atomic E-state index is -0.326. The van der Waals surface area contributed by atoms with Crippen LogP contribution in [0.1, 0.15) is 34.1 Å². The smallest absolute Gasteiger partial charge is 0.310 e. The molecule has 2 aromatic carbocycles. The molecule has 27 heavy (non-hydrogen) atoms. The summed E-state index contributed by atoms with van der Waals surface area (Å²) in [6, 6.07) is 16.9. The molecule has 0 bridgehead atoms. The molecule has 0 fully saturated rings. The first kappa shape index (κ1) is 17.6. The third-order valence-electron chi connectivity index (χ3n) is 4.80. The summed E-state index contributed by atoms with van der Waals surface area (Å²) in [4.78, 5) is 29.6. The highest BCUT2D eigenvalue weighted by atomic mass is 32.1. The standard InChI is InChI=1S/C22H19NO3S/c24-19(15-8-2-1-3-9-15)14-26-22(25)17-11-5-4-10-16(17)21-23-18-12-6-7-13-20(18)27-21/h1-9,12-13,16-17H,10-11,14H2/t16-,17+/m0/s1. The topological polar surface area (TPSA) is 56.3 Å². The number of benzene rings is 2. The van der Waals surface area contributed by atoms with Crippen molar-refractivity contribution in [1.82, 2.24) is 4.98 Å². The summed E-state index contributed by atoms with van der Waals surface area (Å²) in [5, 5.41) is 0.955. The van der Waals surface area contributed by atoms with Crippen molar-refractivity contribution in [3.63, 3.8) is 0 Å². The van der Waals surface area contributed by atoms with Crippen LogP contribution in [0.15, 0.2) is 66.7 Å². The van der Waals surface area contributed by atoms with E-state index in [4.69, 9.17) is 9.72 Å². The molecule has 1 aromatic heterocycles. The van der Waals surface area contributed by atoms with Gasteiger partial charge in [-0.05, 0) is 25.0 Å². The maximum Gasteiger partial charge on any atom is 0.310 e. The second-order valence-corrected chi connectivity index (χ2v) is 7.63. The second-order valence-electron chi connectivity index (χ2n) is 6.57. The zero-order chi connectivity index (χ0) is 18.6. The predicted molar refractivity (Wildman–Crippen MR) is 106 cm³/mol. The summed E-state index contributed by atoms with van der Waals surface area (Å²) >= 11 is 1.63. The van der Waals surface area contributed by atoms with Crippen molar-refractivity contribution < 1.29 is 14.3 Å². The monoisotopic (exact) mass is 377 g/mol. The Labute approximate surface area is 161 Å². The molecule has 1 aliphatic rings. The molecule has 4 rings (SSSR count). The van der Waals surface area contributed by atoms with E-state index in [2.05, 4.69) is 6.08 Å². The van der Waals surface area contributed by atoms with E-state index in [0.29, 0.717) is 12.0 Å². The number of hydrogen-bond acceptors (Lipinski definition) is 5. The molecule has 4 nitrogen and oxygen atoms in total. The van der Waals surface area contributed by atoms with Gasteiger partial charge in [0.1, 0.15) is 0 Å². The van der Waals surface area contributed by atoms with E-state index in [1.807, 2.05) is 36.4 Å². The zero-order valence-corrected chi connectivity index (χ0v) is 15.5. The molecule has 5 heteroatoms. The summed E-state index contributed by atoms with van der Waals surface area (Å²) in [7, 11) is 0. The number of hydrogen-bond donors (Lipinski definition) is 0. The minimum absolute atomic E-state index is 0.00766. The van der Waals surface area contributed by atoms with Crippen LogP contribution in [0.2, 0.25) is 0 Å². The van der Waals surface area contributed by atoms with Gasteiger partial charge in [-0.1, -0.05) is 54.6 Å². The van der Waals surface area contributed by atoms with Crippen LogP contribution in [0.5, 0.6) is 0 Å².